The van der Waals surface area contributed by atoms with Gasteiger partial charge in [0.1, 0.15) is 5.82 Å². The van der Waals surface area contributed by atoms with Gasteiger partial charge in [0, 0.05) is 17.9 Å². The number of para-hydroxylation sites is 2. The van der Waals surface area contributed by atoms with Crippen molar-refractivity contribution in [1.29, 1.82) is 0 Å². The normalized spacial score (nSPS) is 11.4. The lowest BCUT2D eigenvalue weighted by Gasteiger charge is -2.12. The Hall–Kier alpha value is -2.68. The Bertz CT molecular complexity index is 936. The van der Waals surface area contributed by atoms with Crippen LogP contribution in [0.15, 0.2) is 54.6 Å². The van der Waals surface area contributed by atoms with Gasteiger partial charge in [-0.2, -0.15) is 0 Å². The summed E-state index contributed by atoms with van der Waals surface area (Å²) in [6.45, 7) is 1.57. The van der Waals surface area contributed by atoms with Crippen molar-refractivity contribution >= 4 is 27.7 Å². The topological polar surface area (TPSA) is 34.9 Å². The molecular weight excluding hydrogens is 248 g/mol. The molecule has 0 aromatic heterocycles. The Kier molecular flexibility index (Phi) is 2.18. The number of hydrogen-bond acceptors (Lipinski definition) is 2. The highest BCUT2D eigenvalue weighted by Gasteiger charge is 2.19. The molecule has 0 radical (unpaired) electrons. The van der Waals surface area contributed by atoms with Gasteiger partial charge in [0.25, 0.3) is 0 Å². The van der Waals surface area contributed by atoms with Gasteiger partial charge in [-0.05, 0) is 23.6 Å². The number of rotatable bonds is 0. The zero-order valence-corrected chi connectivity index (χ0v) is 11.0. The van der Waals surface area contributed by atoms with E-state index >= 15 is 0 Å². The zero-order valence-electron chi connectivity index (χ0n) is 11.0. The lowest BCUT2D eigenvalue weighted by Crippen LogP contribution is -2.11. The first kappa shape index (κ1) is 11.2. The van der Waals surface area contributed by atoms with E-state index in [9.17, 15) is 4.79 Å². The molecule has 4 rings (SSSR count). The Balaban J connectivity index is 2.30. The number of aromatic nitrogens is 2. The molecular formula is C17H12N2O. The molecule has 96 valence electrons. The van der Waals surface area contributed by atoms with Gasteiger partial charge >= 0.3 is 0 Å². The van der Waals surface area contributed by atoms with Crippen LogP contribution in [0.25, 0.3) is 33.2 Å². The van der Waals surface area contributed by atoms with Crippen molar-refractivity contribution < 1.29 is 4.79 Å². The van der Waals surface area contributed by atoms with Crippen LogP contribution in [0.1, 0.15) is 11.7 Å². The van der Waals surface area contributed by atoms with E-state index in [4.69, 9.17) is 0 Å². The molecule has 0 saturated heterocycles. The minimum Gasteiger partial charge on any atom is -0.274 e. The van der Waals surface area contributed by atoms with Crippen molar-refractivity contribution in [3.8, 4) is 11.4 Å². The summed E-state index contributed by atoms with van der Waals surface area (Å²) >= 11 is 0. The average Bonchev–Trinajstić information content (AvgIpc) is 2.82. The van der Waals surface area contributed by atoms with E-state index in [2.05, 4.69) is 11.1 Å². The van der Waals surface area contributed by atoms with Gasteiger partial charge in [-0.15, -0.1) is 0 Å². The maximum atomic E-state index is 12.1. The quantitative estimate of drug-likeness (QED) is 0.479. The van der Waals surface area contributed by atoms with Crippen LogP contribution in [0.5, 0.6) is 0 Å². The summed E-state index contributed by atoms with van der Waals surface area (Å²) < 4.78 is 1.70. The molecule has 0 aliphatic carbocycles. The van der Waals surface area contributed by atoms with Crippen LogP contribution in [0.4, 0.5) is 0 Å². The minimum absolute atomic E-state index is 0.0189. The molecule has 3 heteroatoms. The fraction of sp³-hybridized carbons (Fsp3) is 0.0588. The van der Waals surface area contributed by atoms with Gasteiger partial charge in [-0.25, -0.2) is 4.98 Å². The van der Waals surface area contributed by atoms with Crippen molar-refractivity contribution in [1.82, 2.24) is 9.55 Å². The number of hydrogen-bond donors (Lipinski definition) is 0. The van der Waals surface area contributed by atoms with Crippen molar-refractivity contribution in [3.05, 3.63) is 54.6 Å². The van der Waals surface area contributed by atoms with Crippen molar-refractivity contribution in [2.24, 2.45) is 0 Å². The SMILES string of the molecule is CC(=O)n1c2nc3ccccc3c-2cc2ccccc21. The maximum absolute atomic E-state index is 12.1. The highest BCUT2D eigenvalue weighted by molar-refractivity contribution is 6.04. The monoisotopic (exact) mass is 260 g/mol. The molecule has 0 atom stereocenters. The molecule has 0 unspecified atom stereocenters. The predicted octanol–water partition coefficient (Wildman–Crippen LogP) is 3.95. The van der Waals surface area contributed by atoms with Crippen LogP contribution in [0.3, 0.4) is 0 Å². The van der Waals surface area contributed by atoms with Gasteiger partial charge < -0.3 is 0 Å². The van der Waals surface area contributed by atoms with Crippen LogP contribution < -0.4 is 0 Å². The first-order valence-electron chi connectivity index (χ1n) is 6.55. The first-order valence-corrected chi connectivity index (χ1v) is 6.55. The van der Waals surface area contributed by atoms with Crippen molar-refractivity contribution in [3.63, 3.8) is 0 Å². The highest BCUT2D eigenvalue weighted by atomic mass is 16.1. The van der Waals surface area contributed by atoms with Crippen LogP contribution >= 0.6 is 0 Å². The number of benzene rings is 2. The Labute approximate surface area is 115 Å². The van der Waals surface area contributed by atoms with Crippen LogP contribution in [0.2, 0.25) is 0 Å². The van der Waals surface area contributed by atoms with Crippen molar-refractivity contribution in [2.75, 3.05) is 0 Å². The third kappa shape index (κ3) is 1.40. The van der Waals surface area contributed by atoms with Gasteiger partial charge in [0.2, 0.25) is 5.91 Å². The molecule has 20 heavy (non-hydrogen) atoms. The zero-order chi connectivity index (χ0) is 13.7. The lowest BCUT2D eigenvalue weighted by molar-refractivity contribution is 0.0942. The Morgan fingerprint density at radius 1 is 1.05 bits per heavy atom. The molecule has 0 saturated carbocycles. The van der Waals surface area contributed by atoms with E-state index in [0.717, 1.165) is 33.2 Å². The maximum Gasteiger partial charge on any atom is 0.229 e. The van der Waals surface area contributed by atoms with Crippen molar-refractivity contribution in [2.45, 2.75) is 6.92 Å². The summed E-state index contributed by atoms with van der Waals surface area (Å²) in [6, 6.07) is 18.0. The number of nitrogens with zero attached hydrogens (tertiary/aromatic N) is 2. The summed E-state index contributed by atoms with van der Waals surface area (Å²) in [5.74, 6) is 0.715. The van der Waals surface area contributed by atoms with E-state index < -0.39 is 0 Å². The molecule has 3 nitrogen and oxygen atoms in total. The molecule has 2 aliphatic rings. The third-order valence-electron chi connectivity index (χ3n) is 3.67. The number of pyridine rings is 1. The average molecular weight is 260 g/mol. The molecule has 2 aromatic rings. The second-order valence-electron chi connectivity index (χ2n) is 4.92. The second kappa shape index (κ2) is 3.90. The number of carbonyl (C=O) groups excluding carboxylic acids is 1. The van der Waals surface area contributed by atoms with E-state index in [1.807, 2.05) is 48.5 Å². The van der Waals surface area contributed by atoms with E-state index in [1.165, 1.54) is 0 Å². The van der Waals surface area contributed by atoms with Crippen LogP contribution in [0, 0.1) is 0 Å². The minimum atomic E-state index is -0.0189. The predicted molar refractivity (Wildman–Crippen MR) is 80.2 cm³/mol. The summed E-state index contributed by atoms with van der Waals surface area (Å²) in [5, 5.41) is 2.14. The molecule has 2 aromatic carbocycles. The summed E-state index contributed by atoms with van der Waals surface area (Å²) in [5.41, 5.74) is 2.85. The van der Waals surface area contributed by atoms with Gasteiger partial charge in [-0.3, -0.25) is 9.36 Å². The van der Waals surface area contributed by atoms with Crippen LogP contribution in [-0.4, -0.2) is 15.5 Å². The van der Waals surface area contributed by atoms with E-state index in [0.29, 0.717) is 0 Å². The third-order valence-corrected chi connectivity index (χ3v) is 3.67. The number of fused-ring (bicyclic) bond motifs is 4. The summed E-state index contributed by atoms with van der Waals surface area (Å²) in [6.07, 6.45) is 0. The second-order valence-corrected chi connectivity index (χ2v) is 4.92. The number of carbonyl (C=O) groups is 1. The highest BCUT2D eigenvalue weighted by Crippen LogP contribution is 2.34. The Morgan fingerprint density at radius 2 is 1.80 bits per heavy atom. The summed E-state index contributed by atoms with van der Waals surface area (Å²) in [7, 11) is 0. The molecule has 2 heterocycles. The lowest BCUT2D eigenvalue weighted by atomic mass is 10.1. The largest absolute Gasteiger partial charge is 0.274 e. The fourth-order valence-corrected chi connectivity index (χ4v) is 2.81. The van der Waals surface area contributed by atoms with Crippen LogP contribution in [-0.2, 0) is 0 Å². The van der Waals surface area contributed by atoms with Gasteiger partial charge in [-0.1, -0.05) is 36.4 Å². The molecule has 0 spiro atoms. The smallest absolute Gasteiger partial charge is 0.229 e. The standard InChI is InChI=1S/C17H12N2O/c1-11(20)19-16-9-5-2-6-12(16)10-14-13-7-3-4-8-15(13)18-17(14)19/h2-10H,1H3. The molecule has 0 amide bonds. The molecule has 2 aliphatic heterocycles. The van der Waals surface area contributed by atoms with E-state index in [1.54, 1.807) is 11.5 Å². The first-order chi connectivity index (χ1) is 9.75. The molecule has 0 bridgehead atoms. The van der Waals surface area contributed by atoms with Gasteiger partial charge in [0.15, 0.2) is 0 Å². The molecule has 0 fully saturated rings. The Morgan fingerprint density at radius 3 is 2.65 bits per heavy atom. The van der Waals surface area contributed by atoms with E-state index in [-0.39, 0.29) is 5.91 Å². The molecule has 0 N–H and O–H groups in total. The fourth-order valence-electron chi connectivity index (χ4n) is 2.81. The summed E-state index contributed by atoms with van der Waals surface area (Å²) in [4.78, 5) is 16.7. The van der Waals surface area contributed by atoms with Gasteiger partial charge in [0.05, 0.1) is 11.0 Å².